The highest BCUT2D eigenvalue weighted by atomic mass is 19.2. The van der Waals surface area contributed by atoms with E-state index in [0.717, 1.165) is 12.1 Å². The van der Waals surface area contributed by atoms with E-state index < -0.39 is 27.9 Å². The number of hydrogen-bond donors (Lipinski definition) is 2. The van der Waals surface area contributed by atoms with Gasteiger partial charge in [0.15, 0.2) is 17.3 Å². The van der Waals surface area contributed by atoms with Crippen LogP contribution in [-0.2, 0) is 0 Å². The van der Waals surface area contributed by atoms with Gasteiger partial charge in [0.2, 0.25) is 0 Å². The van der Waals surface area contributed by atoms with Crippen LogP contribution in [0.4, 0.5) is 20.2 Å². The van der Waals surface area contributed by atoms with Crippen molar-refractivity contribution < 1.29 is 18.8 Å². The maximum absolute atomic E-state index is 13.5. The molecule has 100 valence electrons. The molecule has 0 aliphatic carbocycles. The number of aliphatic hydroxyl groups is 1. The van der Waals surface area contributed by atoms with Gasteiger partial charge in [0.05, 0.1) is 4.92 Å². The van der Waals surface area contributed by atoms with Crippen LogP contribution >= 0.6 is 0 Å². The molecule has 0 bridgehead atoms. The van der Waals surface area contributed by atoms with Gasteiger partial charge in [-0.05, 0) is 18.4 Å². The third kappa shape index (κ3) is 3.36. The third-order valence-electron chi connectivity index (χ3n) is 2.52. The summed E-state index contributed by atoms with van der Waals surface area (Å²) >= 11 is 0. The highest BCUT2D eigenvalue weighted by Crippen LogP contribution is 2.29. The van der Waals surface area contributed by atoms with Crippen LogP contribution in [0.1, 0.15) is 13.3 Å². The van der Waals surface area contributed by atoms with Crippen LogP contribution in [0.3, 0.4) is 0 Å². The molecule has 1 rings (SSSR count). The summed E-state index contributed by atoms with van der Waals surface area (Å²) in [6, 6.07) is 1.63. The second-order valence-corrected chi connectivity index (χ2v) is 4.01. The molecule has 7 heteroatoms. The third-order valence-corrected chi connectivity index (χ3v) is 2.52. The van der Waals surface area contributed by atoms with E-state index in [2.05, 4.69) is 5.32 Å². The number of benzene rings is 1. The molecular weight excluding hydrogens is 246 g/mol. The Kier molecular flexibility index (Phi) is 4.96. The van der Waals surface area contributed by atoms with Crippen LogP contribution in [-0.4, -0.2) is 23.2 Å². The highest BCUT2D eigenvalue weighted by Gasteiger charge is 2.21. The molecule has 5 nitrogen and oxygen atoms in total. The van der Waals surface area contributed by atoms with Gasteiger partial charge >= 0.3 is 0 Å². The van der Waals surface area contributed by atoms with Crippen molar-refractivity contribution in [3.63, 3.8) is 0 Å². The molecule has 0 fully saturated rings. The van der Waals surface area contributed by atoms with Gasteiger partial charge in [0.1, 0.15) is 0 Å². The molecule has 0 aromatic heterocycles. The number of anilines is 1. The summed E-state index contributed by atoms with van der Waals surface area (Å²) in [6.45, 7) is 1.96. The molecule has 18 heavy (non-hydrogen) atoms. The average molecular weight is 260 g/mol. The van der Waals surface area contributed by atoms with Crippen molar-refractivity contribution in [2.45, 2.75) is 13.3 Å². The first-order valence-corrected chi connectivity index (χ1v) is 5.44. The topological polar surface area (TPSA) is 75.4 Å². The van der Waals surface area contributed by atoms with Gasteiger partial charge in [-0.25, -0.2) is 8.78 Å². The fourth-order valence-electron chi connectivity index (χ4n) is 1.46. The van der Waals surface area contributed by atoms with Crippen molar-refractivity contribution in [2.75, 3.05) is 18.5 Å². The first-order chi connectivity index (χ1) is 8.47. The van der Waals surface area contributed by atoms with Crippen LogP contribution in [0.15, 0.2) is 12.1 Å². The Morgan fingerprint density at radius 1 is 1.50 bits per heavy atom. The summed E-state index contributed by atoms with van der Waals surface area (Å²) in [6.07, 6.45) is 0.470. The average Bonchev–Trinajstić information content (AvgIpc) is 2.31. The van der Waals surface area contributed by atoms with E-state index in [0.29, 0.717) is 6.42 Å². The molecule has 0 amide bonds. The Hall–Kier alpha value is -1.76. The molecular formula is C11H14F2N2O3. The van der Waals surface area contributed by atoms with Gasteiger partial charge < -0.3 is 10.4 Å². The lowest BCUT2D eigenvalue weighted by molar-refractivity contribution is -0.384. The molecule has 0 aliphatic rings. The van der Waals surface area contributed by atoms with E-state index in [-0.39, 0.29) is 19.1 Å². The van der Waals surface area contributed by atoms with Gasteiger partial charge in [-0.3, -0.25) is 10.1 Å². The van der Waals surface area contributed by atoms with Gasteiger partial charge in [-0.2, -0.15) is 0 Å². The molecule has 0 saturated heterocycles. The number of nitrogens with one attached hydrogen (secondary N) is 1. The molecule has 1 aromatic carbocycles. The van der Waals surface area contributed by atoms with E-state index in [1.54, 1.807) is 6.92 Å². The fraction of sp³-hybridized carbons (Fsp3) is 0.455. The molecule has 0 aliphatic heterocycles. The number of hydrogen-bond acceptors (Lipinski definition) is 4. The minimum absolute atomic E-state index is 0.0164. The molecule has 0 heterocycles. The SMILES string of the molecule is CC(CCO)CNc1c([N+](=O)[O-])ccc(F)c1F. The van der Waals surface area contributed by atoms with Gasteiger partial charge in [-0.15, -0.1) is 0 Å². The summed E-state index contributed by atoms with van der Waals surface area (Å²) in [7, 11) is 0. The lowest BCUT2D eigenvalue weighted by Gasteiger charge is -2.13. The Labute approximate surface area is 103 Å². The zero-order valence-corrected chi connectivity index (χ0v) is 9.82. The summed E-state index contributed by atoms with van der Waals surface area (Å²) in [5.74, 6) is -2.42. The minimum atomic E-state index is -1.26. The minimum Gasteiger partial charge on any atom is -0.396 e. The van der Waals surface area contributed by atoms with Crippen LogP contribution in [0.2, 0.25) is 0 Å². The van der Waals surface area contributed by atoms with E-state index in [4.69, 9.17) is 5.11 Å². The van der Waals surface area contributed by atoms with Crippen LogP contribution in [0.25, 0.3) is 0 Å². The second-order valence-electron chi connectivity index (χ2n) is 4.01. The van der Waals surface area contributed by atoms with Crippen molar-refractivity contribution >= 4 is 11.4 Å². The molecule has 0 saturated carbocycles. The smallest absolute Gasteiger partial charge is 0.295 e. The molecule has 2 N–H and O–H groups in total. The number of aliphatic hydroxyl groups excluding tert-OH is 1. The van der Waals surface area contributed by atoms with E-state index in [9.17, 15) is 18.9 Å². The summed E-state index contributed by atoms with van der Waals surface area (Å²) in [5, 5.41) is 21.9. The molecule has 0 spiro atoms. The first-order valence-electron chi connectivity index (χ1n) is 5.44. The number of nitrogens with zero attached hydrogens (tertiary/aromatic N) is 1. The van der Waals surface area contributed by atoms with Crippen molar-refractivity contribution in [3.05, 3.63) is 33.9 Å². The van der Waals surface area contributed by atoms with Crippen molar-refractivity contribution in [1.29, 1.82) is 0 Å². The number of halogens is 2. The predicted octanol–water partition coefficient (Wildman–Crippen LogP) is 2.30. The van der Waals surface area contributed by atoms with Crippen LogP contribution in [0, 0.1) is 27.7 Å². The van der Waals surface area contributed by atoms with Crippen LogP contribution < -0.4 is 5.32 Å². The maximum Gasteiger partial charge on any atom is 0.295 e. The van der Waals surface area contributed by atoms with E-state index in [1.165, 1.54) is 0 Å². The van der Waals surface area contributed by atoms with E-state index >= 15 is 0 Å². The molecule has 0 radical (unpaired) electrons. The molecule has 1 unspecified atom stereocenters. The Morgan fingerprint density at radius 3 is 2.72 bits per heavy atom. The molecule has 1 atom stereocenters. The second kappa shape index (κ2) is 6.25. The number of nitro benzene ring substituents is 1. The summed E-state index contributed by atoms with van der Waals surface area (Å²) in [4.78, 5) is 9.92. The first kappa shape index (κ1) is 14.3. The monoisotopic (exact) mass is 260 g/mol. The lowest BCUT2D eigenvalue weighted by atomic mass is 10.1. The lowest BCUT2D eigenvalue weighted by Crippen LogP contribution is -2.15. The zero-order valence-electron chi connectivity index (χ0n) is 9.82. The standard InChI is InChI=1S/C11H14F2N2O3/c1-7(4-5-16)6-14-11-9(15(17)18)3-2-8(12)10(11)13/h2-3,7,14,16H,4-6H2,1H3. The fourth-order valence-corrected chi connectivity index (χ4v) is 1.46. The molecule has 1 aromatic rings. The summed E-state index contributed by atoms with van der Waals surface area (Å²) in [5.41, 5.74) is -0.963. The quantitative estimate of drug-likeness (QED) is 0.608. The Bertz CT molecular complexity index is 441. The van der Waals surface area contributed by atoms with Crippen LogP contribution in [0.5, 0.6) is 0 Å². The van der Waals surface area contributed by atoms with E-state index in [1.807, 2.05) is 0 Å². The largest absolute Gasteiger partial charge is 0.396 e. The zero-order chi connectivity index (χ0) is 13.7. The van der Waals surface area contributed by atoms with Crippen molar-refractivity contribution in [1.82, 2.24) is 0 Å². The van der Waals surface area contributed by atoms with Crippen molar-refractivity contribution in [2.24, 2.45) is 5.92 Å². The van der Waals surface area contributed by atoms with Gasteiger partial charge in [0, 0.05) is 19.2 Å². The normalized spacial score (nSPS) is 12.2. The summed E-state index contributed by atoms with van der Waals surface area (Å²) < 4.78 is 26.5. The highest BCUT2D eigenvalue weighted by molar-refractivity contribution is 5.62. The predicted molar refractivity (Wildman–Crippen MR) is 62.4 cm³/mol. The number of nitro groups is 1. The Balaban J connectivity index is 2.92. The maximum atomic E-state index is 13.5. The van der Waals surface area contributed by atoms with Crippen molar-refractivity contribution in [3.8, 4) is 0 Å². The van der Waals surface area contributed by atoms with Gasteiger partial charge in [-0.1, -0.05) is 6.92 Å². The van der Waals surface area contributed by atoms with Gasteiger partial charge in [0.25, 0.3) is 5.69 Å². The number of rotatable bonds is 6. The Morgan fingerprint density at radius 2 is 2.17 bits per heavy atom.